The molecule has 0 saturated carbocycles. The number of anilines is 1. The summed E-state index contributed by atoms with van der Waals surface area (Å²) < 4.78 is 36.4. The fourth-order valence-corrected chi connectivity index (χ4v) is 5.24. The van der Waals surface area contributed by atoms with Gasteiger partial charge in [-0.05, 0) is 40.7 Å². The number of phenolic OH excluding ortho intramolecular Hbond substituents is 1. The molecule has 2 aromatic rings. The van der Waals surface area contributed by atoms with Crippen LogP contribution in [0, 0.1) is 13.8 Å². The number of imidazole rings is 1. The number of aromatic amines is 1. The van der Waals surface area contributed by atoms with Crippen molar-refractivity contribution in [3.05, 3.63) is 35.2 Å². The Labute approximate surface area is 173 Å². The number of H-pyrrole nitrogens is 1. The lowest BCUT2D eigenvalue weighted by molar-refractivity contribution is 0.371. The molecule has 0 saturated heterocycles. The first-order valence-electron chi connectivity index (χ1n) is 9.01. The van der Waals surface area contributed by atoms with E-state index < -0.39 is 21.7 Å². The van der Waals surface area contributed by atoms with E-state index >= 15 is 0 Å². The van der Waals surface area contributed by atoms with Gasteiger partial charge in [-0.1, -0.05) is 4.67 Å². The number of methoxy groups -OCH3 is 1. The lowest BCUT2D eigenvalue weighted by Crippen LogP contribution is -2.27. The second-order valence-electron chi connectivity index (χ2n) is 7.13. The molecular formula is C18H29N5O4P2+2. The van der Waals surface area contributed by atoms with Gasteiger partial charge in [0.25, 0.3) is 0 Å². The molecule has 1 aromatic carbocycles. The Morgan fingerprint density at radius 1 is 1.17 bits per heavy atom. The van der Waals surface area contributed by atoms with E-state index in [0.29, 0.717) is 17.3 Å². The molecule has 0 fully saturated rings. The van der Waals surface area contributed by atoms with Crippen molar-refractivity contribution in [1.29, 1.82) is 0 Å². The number of ether oxygens (including phenoxy) is 1. The number of hydrogen-bond acceptors (Lipinski definition) is 5. The van der Waals surface area contributed by atoms with Gasteiger partial charge in [0, 0.05) is 45.6 Å². The van der Waals surface area contributed by atoms with Gasteiger partial charge in [-0.25, -0.2) is 4.98 Å². The van der Waals surface area contributed by atoms with Crippen LogP contribution in [0.15, 0.2) is 18.3 Å². The monoisotopic (exact) mass is 441 g/mol. The molecule has 9 nitrogen and oxygen atoms in total. The molecule has 0 aliphatic rings. The smallest absolute Gasteiger partial charge is 0.504 e. The first kappa shape index (κ1) is 23.2. The fourth-order valence-electron chi connectivity index (χ4n) is 2.85. The lowest BCUT2D eigenvalue weighted by Gasteiger charge is -2.17. The molecule has 158 valence electrons. The van der Waals surface area contributed by atoms with Crippen molar-refractivity contribution in [2.24, 2.45) is 0 Å². The first-order chi connectivity index (χ1) is 13.6. The average Bonchev–Trinajstić information content (AvgIpc) is 3.09. The van der Waals surface area contributed by atoms with Crippen molar-refractivity contribution in [1.82, 2.24) is 19.3 Å². The predicted octanol–water partition coefficient (Wildman–Crippen LogP) is 3.81. The Hall–Kier alpha value is -2.05. The molecule has 0 amide bonds. The standard InChI is InChI=1S/C18H28N5O4P2/c1-12-8-14(9-15(27-7)17(12)24)16(28(25)21(3)4)11-23(29(26)22(5)6)18-19-10-13(2)20-18/h8-10,16H,11H2,1-7H3,(H-,19,20,24)/q+1/p+1. The number of rotatable bonds is 9. The van der Waals surface area contributed by atoms with Crippen LogP contribution in [-0.4, -0.2) is 66.3 Å². The Morgan fingerprint density at radius 2 is 1.83 bits per heavy atom. The van der Waals surface area contributed by atoms with Gasteiger partial charge in [0.15, 0.2) is 11.5 Å². The molecule has 2 N–H and O–H groups in total. The number of aromatic nitrogens is 2. The summed E-state index contributed by atoms with van der Waals surface area (Å²) in [4.78, 5) is 7.43. The van der Waals surface area contributed by atoms with Crippen LogP contribution in [0.1, 0.15) is 22.5 Å². The number of hydrogen-bond donors (Lipinski definition) is 2. The maximum absolute atomic E-state index is 13.2. The maximum Gasteiger partial charge on any atom is 0.569 e. The molecule has 1 aromatic heterocycles. The lowest BCUT2D eigenvalue weighted by atomic mass is 10.1. The van der Waals surface area contributed by atoms with Gasteiger partial charge in [0.1, 0.15) is 6.54 Å². The van der Waals surface area contributed by atoms with Crippen molar-refractivity contribution < 1.29 is 19.0 Å². The molecule has 11 heteroatoms. The normalized spacial score (nSPS) is 13.6. The van der Waals surface area contributed by atoms with Gasteiger partial charge in [-0.3, -0.25) is 0 Å². The summed E-state index contributed by atoms with van der Waals surface area (Å²) in [5, 5.41) is 10.2. The maximum atomic E-state index is 13.2. The first-order valence-corrected chi connectivity index (χ1v) is 11.5. The Bertz CT molecular complexity index is 900. The summed E-state index contributed by atoms with van der Waals surface area (Å²) in [6, 6.07) is 3.46. The van der Waals surface area contributed by atoms with Crippen molar-refractivity contribution in [2.45, 2.75) is 19.5 Å². The van der Waals surface area contributed by atoms with Crippen molar-refractivity contribution >= 4 is 22.0 Å². The number of aryl methyl sites for hydroxylation is 2. The third-order valence-corrected chi connectivity index (χ3v) is 7.62. The highest BCUT2D eigenvalue weighted by Gasteiger charge is 2.44. The summed E-state index contributed by atoms with van der Waals surface area (Å²) >= 11 is 0. The Morgan fingerprint density at radius 3 is 2.31 bits per heavy atom. The van der Waals surface area contributed by atoms with Crippen molar-refractivity contribution in [3.8, 4) is 11.5 Å². The molecule has 2 rings (SSSR count). The molecule has 29 heavy (non-hydrogen) atoms. The van der Waals surface area contributed by atoms with Gasteiger partial charge < -0.3 is 14.8 Å². The van der Waals surface area contributed by atoms with E-state index in [9.17, 15) is 14.2 Å². The zero-order valence-electron chi connectivity index (χ0n) is 17.9. The number of nitrogens with zero attached hydrogens (tertiary/aromatic N) is 4. The van der Waals surface area contributed by atoms with Gasteiger partial charge >= 0.3 is 16.1 Å². The second-order valence-corrected chi connectivity index (χ2v) is 10.9. The topological polar surface area (TPSA) is 102 Å². The molecule has 0 radical (unpaired) electrons. The zero-order valence-corrected chi connectivity index (χ0v) is 19.7. The van der Waals surface area contributed by atoms with E-state index in [2.05, 4.69) is 9.97 Å². The summed E-state index contributed by atoms with van der Waals surface area (Å²) in [5.41, 5.74) is 1.67. The highest BCUT2D eigenvalue weighted by molar-refractivity contribution is 7.44. The molecule has 0 bridgehead atoms. The quantitative estimate of drug-likeness (QED) is 0.567. The van der Waals surface area contributed by atoms with E-state index in [1.807, 2.05) is 6.92 Å². The zero-order chi connectivity index (χ0) is 21.9. The van der Waals surface area contributed by atoms with Crippen LogP contribution >= 0.6 is 16.1 Å². The molecule has 0 spiro atoms. The average molecular weight is 441 g/mol. The van der Waals surface area contributed by atoms with E-state index in [-0.39, 0.29) is 12.3 Å². The summed E-state index contributed by atoms with van der Waals surface area (Å²) in [7, 11) is 4.56. The number of aromatic hydroxyl groups is 1. The highest BCUT2D eigenvalue weighted by Crippen LogP contribution is 2.48. The second kappa shape index (κ2) is 9.63. The van der Waals surface area contributed by atoms with Crippen molar-refractivity contribution in [3.63, 3.8) is 0 Å². The molecule has 0 aliphatic heterocycles. The van der Waals surface area contributed by atoms with Crippen molar-refractivity contribution in [2.75, 3.05) is 46.5 Å². The van der Waals surface area contributed by atoms with E-state index in [1.165, 1.54) is 7.11 Å². The minimum Gasteiger partial charge on any atom is -0.504 e. The Kier molecular flexibility index (Phi) is 7.72. The molecule has 3 unspecified atom stereocenters. The predicted molar refractivity (Wildman–Crippen MR) is 115 cm³/mol. The van der Waals surface area contributed by atoms with Gasteiger partial charge in [-0.15, -0.1) is 9.34 Å². The third-order valence-electron chi connectivity index (χ3n) is 4.38. The summed E-state index contributed by atoms with van der Waals surface area (Å²) in [5.74, 6) is 0.810. The SMILES string of the molecule is COc1cc(C(CN(c2ncc(C)[nH]2)[P+](=O)N(C)C)[P+](=O)N(C)C)cc(C)c1O. The van der Waals surface area contributed by atoms with E-state index in [4.69, 9.17) is 4.74 Å². The fraction of sp³-hybridized carbons (Fsp3) is 0.500. The van der Waals surface area contributed by atoms with Crippen LogP contribution in [0.3, 0.4) is 0 Å². The molecule has 0 aliphatic carbocycles. The van der Waals surface area contributed by atoms with Crippen LogP contribution in [0.4, 0.5) is 5.95 Å². The number of phenols is 1. The number of benzene rings is 1. The molecular weight excluding hydrogens is 412 g/mol. The van der Waals surface area contributed by atoms with Gasteiger partial charge in [-0.2, -0.15) is 0 Å². The van der Waals surface area contributed by atoms with E-state index in [1.54, 1.807) is 67.5 Å². The van der Waals surface area contributed by atoms with E-state index in [0.717, 1.165) is 11.3 Å². The summed E-state index contributed by atoms with van der Waals surface area (Å²) in [6.07, 6.45) is 1.66. The van der Waals surface area contributed by atoms with Crippen LogP contribution in [0.25, 0.3) is 0 Å². The minimum atomic E-state index is -1.96. The largest absolute Gasteiger partial charge is 0.569 e. The molecule has 3 atom stereocenters. The third kappa shape index (κ3) is 5.31. The summed E-state index contributed by atoms with van der Waals surface area (Å²) in [6.45, 7) is 3.82. The van der Waals surface area contributed by atoms with Crippen LogP contribution in [0.5, 0.6) is 11.5 Å². The van der Waals surface area contributed by atoms with Crippen LogP contribution < -0.4 is 9.41 Å². The van der Waals surface area contributed by atoms with Crippen LogP contribution in [-0.2, 0) is 9.13 Å². The Balaban J connectivity index is 2.55. The van der Waals surface area contributed by atoms with Gasteiger partial charge in [0.05, 0.1) is 7.11 Å². The van der Waals surface area contributed by atoms with Gasteiger partial charge in [0.2, 0.25) is 11.6 Å². The van der Waals surface area contributed by atoms with Crippen LogP contribution in [0.2, 0.25) is 0 Å². The molecule has 1 heterocycles. The number of nitrogens with one attached hydrogen (secondary N) is 1. The highest BCUT2D eigenvalue weighted by atomic mass is 31.1. The minimum absolute atomic E-state index is 0.0490.